The minimum Gasteiger partial charge on any atom is -0.395 e. The van der Waals surface area contributed by atoms with E-state index in [1.807, 2.05) is 13.1 Å². The van der Waals surface area contributed by atoms with Crippen LogP contribution in [0.1, 0.15) is 19.7 Å². The molecule has 0 saturated carbocycles. The van der Waals surface area contributed by atoms with E-state index in [-0.39, 0.29) is 12.6 Å². The van der Waals surface area contributed by atoms with Gasteiger partial charge in [0.1, 0.15) is 5.82 Å². The van der Waals surface area contributed by atoms with Crippen molar-refractivity contribution >= 4 is 0 Å². The van der Waals surface area contributed by atoms with Gasteiger partial charge in [-0.3, -0.25) is 0 Å². The van der Waals surface area contributed by atoms with Gasteiger partial charge in [0, 0.05) is 31.5 Å². The van der Waals surface area contributed by atoms with Gasteiger partial charge in [-0.15, -0.1) is 0 Å². The van der Waals surface area contributed by atoms with E-state index in [4.69, 9.17) is 5.11 Å². The summed E-state index contributed by atoms with van der Waals surface area (Å²) in [5, 5.41) is 12.5. The van der Waals surface area contributed by atoms with Gasteiger partial charge in [0.25, 0.3) is 0 Å². The number of rotatable bonds is 6. The summed E-state index contributed by atoms with van der Waals surface area (Å²) in [4.78, 5) is 4.16. The molecule has 0 bridgehead atoms. The van der Waals surface area contributed by atoms with Crippen molar-refractivity contribution in [3.05, 3.63) is 18.2 Å². The molecule has 0 aromatic carbocycles. The van der Waals surface area contributed by atoms with Crippen LogP contribution in [0.15, 0.2) is 12.4 Å². The molecular weight excluding hydrogens is 190 g/mol. The fourth-order valence-electron chi connectivity index (χ4n) is 1.52. The Hall–Kier alpha value is -0.870. The minimum absolute atomic E-state index is 0.189. The van der Waals surface area contributed by atoms with Gasteiger partial charge >= 0.3 is 0 Å². The van der Waals surface area contributed by atoms with Crippen LogP contribution in [0.2, 0.25) is 0 Å². The summed E-state index contributed by atoms with van der Waals surface area (Å²) in [5.41, 5.74) is 0. The van der Waals surface area contributed by atoms with Crippen molar-refractivity contribution in [1.29, 1.82) is 0 Å². The third-order valence-corrected chi connectivity index (χ3v) is 2.68. The summed E-state index contributed by atoms with van der Waals surface area (Å²) in [5.74, 6) is 1.49. The van der Waals surface area contributed by atoms with Crippen LogP contribution in [-0.2, 0) is 6.54 Å². The van der Waals surface area contributed by atoms with E-state index in [0.717, 1.165) is 18.9 Å². The summed E-state index contributed by atoms with van der Waals surface area (Å²) in [6, 6.07) is 0.189. The van der Waals surface area contributed by atoms with Crippen LogP contribution in [0, 0.1) is 12.8 Å². The number of aliphatic hydroxyl groups excluding tert-OH is 1. The molecule has 0 spiro atoms. The second-order valence-electron chi connectivity index (χ2n) is 4.16. The standard InChI is InChI=1S/C11H21N3O/c1-9(2)11(8-15)13-5-7-14-6-4-12-10(14)3/h4,6,9,11,13,15H,5,7-8H2,1-3H3. The summed E-state index contributed by atoms with van der Waals surface area (Å²) >= 11 is 0. The Morgan fingerprint density at radius 3 is 2.73 bits per heavy atom. The van der Waals surface area contributed by atoms with E-state index in [9.17, 15) is 0 Å². The van der Waals surface area contributed by atoms with E-state index in [2.05, 4.69) is 28.7 Å². The first-order valence-electron chi connectivity index (χ1n) is 5.47. The maximum absolute atomic E-state index is 9.13. The average Bonchev–Trinajstić information content (AvgIpc) is 2.58. The number of nitrogens with zero attached hydrogens (tertiary/aromatic N) is 2. The lowest BCUT2D eigenvalue weighted by Gasteiger charge is -2.20. The zero-order chi connectivity index (χ0) is 11.3. The Balaban J connectivity index is 2.29. The quantitative estimate of drug-likeness (QED) is 0.731. The van der Waals surface area contributed by atoms with Gasteiger partial charge in [-0.1, -0.05) is 13.8 Å². The molecule has 0 saturated heterocycles. The molecule has 1 unspecified atom stereocenters. The van der Waals surface area contributed by atoms with E-state index < -0.39 is 0 Å². The average molecular weight is 211 g/mol. The van der Waals surface area contributed by atoms with Gasteiger partial charge in [0.15, 0.2) is 0 Å². The summed E-state index contributed by atoms with van der Waals surface area (Å²) < 4.78 is 2.10. The van der Waals surface area contributed by atoms with E-state index in [1.165, 1.54) is 0 Å². The van der Waals surface area contributed by atoms with E-state index >= 15 is 0 Å². The van der Waals surface area contributed by atoms with Crippen molar-refractivity contribution in [1.82, 2.24) is 14.9 Å². The first-order valence-corrected chi connectivity index (χ1v) is 5.47. The van der Waals surface area contributed by atoms with Crippen molar-refractivity contribution < 1.29 is 5.11 Å². The van der Waals surface area contributed by atoms with Gasteiger partial charge in [-0.2, -0.15) is 0 Å². The Labute approximate surface area is 91.3 Å². The SMILES string of the molecule is Cc1nccn1CCNC(CO)C(C)C. The normalized spacial score (nSPS) is 13.4. The van der Waals surface area contributed by atoms with Gasteiger partial charge in [-0.25, -0.2) is 4.98 Å². The van der Waals surface area contributed by atoms with Crippen molar-refractivity contribution in [2.45, 2.75) is 33.4 Å². The summed E-state index contributed by atoms with van der Waals surface area (Å²) in [6.45, 7) is 8.16. The predicted molar refractivity (Wildman–Crippen MR) is 60.7 cm³/mol. The molecule has 1 aromatic heterocycles. The summed E-state index contributed by atoms with van der Waals surface area (Å²) in [7, 11) is 0. The van der Waals surface area contributed by atoms with Crippen LogP contribution in [0.5, 0.6) is 0 Å². The number of hydrogen-bond donors (Lipinski definition) is 2. The fourth-order valence-corrected chi connectivity index (χ4v) is 1.52. The molecule has 4 heteroatoms. The number of aryl methyl sites for hydroxylation is 1. The zero-order valence-electron chi connectivity index (χ0n) is 9.77. The van der Waals surface area contributed by atoms with Crippen LogP contribution < -0.4 is 5.32 Å². The molecule has 1 rings (SSSR count). The monoisotopic (exact) mass is 211 g/mol. The van der Waals surface area contributed by atoms with Crippen LogP contribution in [0.25, 0.3) is 0 Å². The van der Waals surface area contributed by atoms with Crippen LogP contribution in [0.4, 0.5) is 0 Å². The minimum atomic E-state index is 0.189. The molecule has 0 amide bonds. The molecule has 0 aliphatic rings. The van der Waals surface area contributed by atoms with Crippen molar-refractivity contribution in [3.8, 4) is 0 Å². The summed E-state index contributed by atoms with van der Waals surface area (Å²) in [6.07, 6.45) is 3.78. The van der Waals surface area contributed by atoms with Crippen molar-refractivity contribution in [2.75, 3.05) is 13.2 Å². The predicted octanol–water partition coefficient (Wildman–Crippen LogP) is 0.798. The lowest BCUT2D eigenvalue weighted by molar-refractivity contribution is 0.210. The number of nitrogens with one attached hydrogen (secondary N) is 1. The maximum Gasteiger partial charge on any atom is 0.105 e. The first-order chi connectivity index (χ1) is 7.15. The Bertz CT molecular complexity index is 283. The van der Waals surface area contributed by atoms with Gasteiger partial charge in [-0.05, 0) is 12.8 Å². The van der Waals surface area contributed by atoms with E-state index in [1.54, 1.807) is 6.20 Å². The fraction of sp³-hybridized carbons (Fsp3) is 0.727. The molecule has 0 aliphatic heterocycles. The number of imidazole rings is 1. The third-order valence-electron chi connectivity index (χ3n) is 2.68. The molecule has 1 heterocycles. The molecule has 0 fully saturated rings. The molecule has 0 aliphatic carbocycles. The largest absolute Gasteiger partial charge is 0.395 e. The van der Waals surface area contributed by atoms with Crippen LogP contribution in [-0.4, -0.2) is 33.9 Å². The highest BCUT2D eigenvalue weighted by Gasteiger charge is 2.10. The van der Waals surface area contributed by atoms with Crippen LogP contribution in [0.3, 0.4) is 0 Å². The third kappa shape index (κ3) is 3.64. The van der Waals surface area contributed by atoms with Crippen molar-refractivity contribution in [3.63, 3.8) is 0 Å². The molecule has 15 heavy (non-hydrogen) atoms. The molecule has 0 radical (unpaired) electrons. The van der Waals surface area contributed by atoms with Gasteiger partial charge in [0.2, 0.25) is 0 Å². The highest BCUT2D eigenvalue weighted by molar-refractivity contribution is 4.88. The van der Waals surface area contributed by atoms with Gasteiger partial charge in [0.05, 0.1) is 6.61 Å². The Kier molecular flexibility index (Phi) is 4.78. The Morgan fingerprint density at radius 2 is 2.27 bits per heavy atom. The van der Waals surface area contributed by atoms with Gasteiger partial charge < -0.3 is 15.0 Å². The lowest BCUT2D eigenvalue weighted by Crippen LogP contribution is -2.38. The molecule has 1 atom stereocenters. The Morgan fingerprint density at radius 1 is 1.53 bits per heavy atom. The molecule has 86 valence electrons. The molecule has 1 aromatic rings. The lowest BCUT2D eigenvalue weighted by atomic mass is 10.1. The molecular formula is C11H21N3O. The smallest absolute Gasteiger partial charge is 0.105 e. The maximum atomic E-state index is 9.13. The highest BCUT2D eigenvalue weighted by atomic mass is 16.3. The molecule has 2 N–H and O–H groups in total. The zero-order valence-corrected chi connectivity index (χ0v) is 9.77. The second-order valence-corrected chi connectivity index (χ2v) is 4.16. The topological polar surface area (TPSA) is 50.1 Å². The highest BCUT2D eigenvalue weighted by Crippen LogP contribution is 2.00. The number of hydrogen-bond acceptors (Lipinski definition) is 3. The molecule has 4 nitrogen and oxygen atoms in total. The van der Waals surface area contributed by atoms with Crippen LogP contribution >= 0.6 is 0 Å². The van der Waals surface area contributed by atoms with Crippen molar-refractivity contribution in [2.24, 2.45) is 5.92 Å². The second kappa shape index (κ2) is 5.88. The van der Waals surface area contributed by atoms with E-state index in [0.29, 0.717) is 5.92 Å². The number of aromatic nitrogens is 2. The number of aliphatic hydroxyl groups is 1. The first kappa shape index (κ1) is 12.2.